The molecule has 0 bridgehead atoms. The van der Waals surface area contributed by atoms with Gasteiger partial charge in [0.2, 0.25) is 0 Å². The Hall–Kier alpha value is -5.75. The highest BCUT2D eigenvalue weighted by Crippen LogP contribution is 2.72. The molecule has 2 spiro atoms. The molecule has 12 rings (SSSR count). The molecule has 59 heavy (non-hydrogen) atoms. The quantitative estimate of drug-likeness (QED) is 0.126. The number of rotatable bonds is 5. The van der Waals surface area contributed by atoms with E-state index in [4.69, 9.17) is 0 Å². The van der Waals surface area contributed by atoms with Gasteiger partial charge in [-0.25, -0.2) is 0 Å². The van der Waals surface area contributed by atoms with E-state index in [0.29, 0.717) is 5.92 Å². The van der Waals surface area contributed by atoms with Crippen LogP contribution in [-0.2, 0) is 15.4 Å². The van der Waals surface area contributed by atoms with E-state index in [2.05, 4.69) is 189 Å². The lowest BCUT2D eigenvalue weighted by Gasteiger charge is -2.44. The molecule has 0 saturated heterocycles. The lowest BCUT2D eigenvalue weighted by Crippen LogP contribution is -2.39. The largest absolute Gasteiger partial charge is 0.313 e. The van der Waals surface area contributed by atoms with Crippen LogP contribution in [0.25, 0.3) is 22.3 Å². The van der Waals surface area contributed by atoms with Crippen molar-refractivity contribution in [3.8, 4) is 22.3 Å². The fourth-order valence-corrected chi connectivity index (χ4v) is 17.1. The Kier molecular flexibility index (Phi) is 7.68. The van der Waals surface area contributed by atoms with Crippen LogP contribution in [0.2, 0.25) is 0 Å². The monoisotopic (exact) mass is 778 g/mol. The topological polar surface area (TPSA) is 17.1 Å². The minimum atomic E-state index is -3.27. The molecule has 0 N–H and O–H groups in total. The molecule has 1 fully saturated rings. The summed E-state index contributed by atoms with van der Waals surface area (Å²) in [7, 11) is -3.27. The maximum Gasteiger partial charge on any atom is 0.145 e. The molecule has 0 heterocycles. The first kappa shape index (κ1) is 35.2. The summed E-state index contributed by atoms with van der Waals surface area (Å²) in [6.07, 6.45) is 20.2. The van der Waals surface area contributed by atoms with Crippen molar-refractivity contribution < 1.29 is 4.57 Å². The predicted molar refractivity (Wildman–Crippen MR) is 245 cm³/mol. The second kappa shape index (κ2) is 12.9. The number of allylic oxidation sites excluding steroid dienone is 9. The van der Waals surface area contributed by atoms with E-state index in [-0.39, 0.29) is 34.2 Å². The first-order valence-corrected chi connectivity index (χ1v) is 23.4. The highest BCUT2D eigenvalue weighted by atomic mass is 31.2. The van der Waals surface area contributed by atoms with E-state index in [9.17, 15) is 0 Å². The Bertz CT molecular complexity index is 2890. The summed E-state index contributed by atoms with van der Waals surface area (Å²) in [6.45, 7) is 6.14. The van der Waals surface area contributed by atoms with Gasteiger partial charge in [-0.1, -0.05) is 189 Å². The lowest BCUT2D eigenvalue weighted by molar-refractivity contribution is 0.267. The summed E-state index contributed by atoms with van der Waals surface area (Å²) in [5.74, 6) is 1.16. The average Bonchev–Trinajstić information content (AvgIpc) is 3.98. The minimum absolute atomic E-state index is 0.0329. The van der Waals surface area contributed by atoms with Crippen molar-refractivity contribution in [1.29, 1.82) is 0 Å². The van der Waals surface area contributed by atoms with Crippen LogP contribution in [-0.4, -0.2) is 5.66 Å². The molecule has 1 nitrogen and oxygen atoms in total. The summed E-state index contributed by atoms with van der Waals surface area (Å²) in [6, 6.07) is 52.7. The summed E-state index contributed by atoms with van der Waals surface area (Å²) in [5.41, 5.74) is 15.8. The summed E-state index contributed by atoms with van der Waals surface area (Å²) in [4.78, 5) is 0. The Morgan fingerprint density at radius 2 is 1.19 bits per heavy atom. The number of benzene rings is 6. The first-order valence-electron chi connectivity index (χ1n) is 21.6. The van der Waals surface area contributed by atoms with Crippen molar-refractivity contribution in [3.63, 3.8) is 0 Å². The van der Waals surface area contributed by atoms with Gasteiger partial charge in [0.1, 0.15) is 7.14 Å². The SMILES string of the molecule is C=C/C=C\C(=C/C)P(=O)(c1ccc2c(c1)[C@]1(c3ccccc3-2)c2ccccc2C2C=CC=CC21)C1CCC2c3ccccc3C3(c4ccccc4-c4ccccc43)C2C1. The second-order valence-corrected chi connectivity index (χ2v) is 20.7. The summed E-state index contributed by atoms with van der Waals surface area (Å²) in [5, 5.41) is 1.93. The molecule has 0 amide bonds. The van der Waals surface area contributed by atoms with E-state index in [0.717, 1.165) is 29.9 Å². The van der Waals surface area contributed by atoms with Crippen molar-refractivity contribution in [1.82, 2.24) is 0 Å². The zero-order valence-electron chi connectivity index (χ0n) is 33.5. The van der Waals surface area contributed by atoms with Gasteiger partial charge in [0.15, 0.2) is 0 Å². The standard InChI is InChI=1S/C57H47OP/c1-3-5-18-37(4-2)59(58,38-31-33-46-44-23-10-16-29-52(44)56(54(46)35-38)48-25-12-6-19-40(48)41-20-7-13-26-49(41)56)39-32-34-47-45-24-11-17-30-53(45)57(55(47)36-39)50-27-14-8-21-42(50)43-22-9-15-28-51(43)57/h3-31,33,35,39-40,47-48,55H,1,32,34,36H2,2H3/b18-5-,37-4+/t39?,40?,47?,48?,55?,56-,59?/m0/s1. The molecule has 1 saturated carbocycles. The molecule has 6 unspecified atom stereocenters. The van der Waals surface area contributed by atoms with Gasteiger partial charge in [0, 0.05) is 28.1 Å². The van der Waals surface area contributed by atoms with Gasteiger partial charge in [0.05, 0.1) is 10.8 Å². The van der Waals surface area contributed by atoms with Crippen LogP contribution >= 0.6 is 7.14 Å². The molecule has 286 valence electrons. The Morgan fingerprint density at radius 3 is 1.85 bits per heavy atom. The van der Waals surface area contributed by atoms with Crippen LogP contribution in [0.3, 0.4) is 0 Å². The van der Waals surface area contributed by atoms with Gasteiger partial charge in [-0.3, -0.25) is 0 Å². The minimum Gasteiger partial charge on any atom is -0.313 e. The zero-order chi connectivity index (χ0) is 39.5. The van der Waals surface area contributed by atoms with E-state index in [1.54, 1.807) is 0 Å². The number of hydrogen-bond acceptors (Lipinski definition) is 1. The van der Waals surface area contributed by atoms with Crippen LogP contribution in [0.4, 0.5) is 0 Å². The number of hydrogen-bond donors (Lipinski definition) is 0. The maximum absolute atomic E-state index is 17.2. The summed E-state index contributed by atoms with van der Waals surface area (Å²) < 4.78 is 17.2. The van der Waals surface area contributed by atoms with Gasteiger partial charge in [-0.15, -0.1) is 0 Å². The highest BCUT2D eigenvalue weighted by Gasteiger charge is 2.61. The van der Waals surface area contributed by atoms with Gasteiger partial charge in [0.25, 0.3) is 0 Å². The van der Waals surface area contributed by atoms with Crippen LogP contribution in [0.1, 0.15) is 82.5 Å². The average molecular weight is 779 g/mol. The van der Waals surface area contributed by atoms with Gasteiger partial charge in [-0.05, 0) is 111 Å². The number of fused-ring (bicyclic) bond motifs is 20. The van der Waals surface area contributed by atoms with Crippen molar-refractivity contribution >= 4 is 12.4 Å². The van der Waals surface area contributed by atoms with Crippen molar-refractivity contribution in [2.24, 2.45) is 11.8 Å². The van der Waals surface area contributed by atoms with Gasteiger partial charge in [-0.2, -0.15) is 0 Å². The van der Waals surface area contributed by atoms with Crippen LogP contribution in [0.5, 0.6) is 0 Å². The molecular formula is C57H47OP. The molecule has 2 heteroatoms. The van der Waals surface area contributed by atoms with Gasteiger partial charge >= 0.3 is 0 Å². The van der Waals surface area contributed by atoms with Crippen molar-refractivity contribution in [2.75, 3.05) is 0 Å². The third-order valence-corrected chi connectivity index (χ3v) is 19.3. The van der Waals surface area contributed by atoms with Crippen molar-refractivity contribution in [3.05, 3.63) is 245 Å². The van der Waals surface area contributed by atoms with Gasteiger partial charge < -0.3 is 4.57 Å². The smallest absolute Gasteiger partial charge is 0.145 e. The molecule has 6 aromatic carbocycles. The van der Waals surface area contributed by atoms with Crippen LogP contribution < -0.4 is 5.30 Å². The zero-order valence-corrected chi connectivity index (χ0v) is 34.4. The van der Waals surface area contributed by atoms with Crippen LogP contribution in [0.15, 0.2) is 200 Å². The Labute approximate surface area is 348 Å². The highest BCUT2D eigenvalue weighted by molar-refractivity contribution is 7.76. The van der Waals surface area contributed by atoms with E-state index in [1.165, 1.54) is 66.8 Å². The molecule has 0 radical (unpaired) electrons. The predicted octanol–water partition coefficient (Wildman–Crippen LogP) is 13.8. The van der Waals surface area contributed by atoms with Crippen molar-refractivity contribution in [2.45, 2.75) is 54.5 Å². The first-order chi connectivity index (χ1) is 29.1. The second-order valence-electron chi connectivity index (χ2n) is 17.6. The molecule has 6 aliphatic rings. The lowest BCUT2D eigenvalue weighted by atomic mass is 9.62. The van der Waals surface area contributed by atoms with Crippen LogP contribution in [0, 0.1) is 11.8 Å². The fourth-order valence-electron chi connectivity index (χ4n) is 13.6. The molecule has 0 aromatic heterocycles. The third kappa shape index (κ3) is 4.35. The normalized spacial score (nSPS) is 26.7. The Morgan fingerprint density at radius 1 is 0.627 bits per heavy atom. The Balaban J connectivity index is 1.07. The summed E-state index contributed by atoms with van der Waals surface area (Å²) >= 11 is 0. The third-order valence-electron chi connectivity index (χ3n) is 15.6. The fraction of sp³-hybridized carbons (Fsp3) is 0.193. The van der Waals surface area contributed by atoms with E-state index < -0.39 is 7.14 Å². The van der Waals surface area contributed by atoms with E-state index in [1.807, 2.05) is 12.2 Å². The van der Waals surface area contributed by atoms with E-state index >= 15 is 4.57 Å². The molecule has 7 atom stereocenters. The maximum atomic E-state index is 17.2. The molecule has 0 aliphatic heterocycles. The molecule has 6 aliphatic carbocycles. The molecular weight excluding hydrogens is 732 g/mol. The molecule has 6 aromatic rings.